The van der Waals surface area contributed by atoms with Crippen molar-refractivity contribution in [3.8, 4) is 0 Å². The first-order valence-corrected chi connectivity index (χ1v) is 8.24. The van der Waals surface area contributed by atoms with Crippen LogP contribution in [0, 0.1) is 19.8 Å². The molecule has 2 aromatic rings. The van der Waals surface area contributed by atoms with Crippen LogP contribution in [0.2, 0.25) is 0 Å². The van der Waals surface area contributed by atoms with Crippen LogP contribution in [0.25, 0.3) is 0 Å². The first-order chi connectivity index (χ1) is 11.6. The van der Waals surface area contributed by atoms with Gasteiger partial charge in [0.2, 0.25) is 0 Å². The van der Waals surface area contributed by atoms with E-state index in [0.29, 0.717) is 17.1 Å². The van der Waals surface area contributed by atoms with Crippen LogP contribution < -0.4 is 5.56 Å². The molecule has 126 valence electrons. The van der Waals surface area contributed by atoms with E-state index in [1.165, 1.54) is 0 Å². The standard InChI is InChI=1S/C18H21N3O3/c1-11-10-12(2)21-17(22)14(11)18(23)24-15(13-6-3-4-7-13)16-19-8-5-9-20-16/h5,8-10,13,15H,3-4,6-7H2,1-2H3,(H,21,22)/t15-/m1/s1. The van der Waals surface area contributed by atoms with Crippen molar-refractivity contribution in [2.24, 2.45) is 5.92 Å². The third kappa shape index (κ3) is 3.37. The van der Waals surface area contributed by atoms with Crippen molar-refractivity contribution in [3.63, 3.8) is 0 Å². The molecular weight excluding hydrogens is 306 g/mol. The molecule has 6 nitrogen and oxygen atoms in total. The van der Waals surface area contributed by atoms with Crippen LogP contribution >= 0.6 is 0 Å². The molecule has 1 aliphatic rings. The number of hydrogen-bond donors (Lipinski definition) is 1. The Morgan fingerprint density at radius 1 is 1.25 bits per heavy atom. The highest BCUT2D eigenvalue weighted by molar-refractivity contribution is 5.90. The minimum atomic E-state index is -0.613. The molecule has 0 aromatic carbocycles. The summed E-state index contributed by atoms with van der Waals surface area (Å²) in [4.78, 5) is 36.0. The zero-order valence-corrected chi connectivity index (χ0v) is 13.9. The van der Waals surface area contributed by atoms with Crippen molar-refractivity contribution in [1.82, 2.24) is 15.0 Å². The molecule has 0 spiro atoms. The number of H-pyrrole nitrogens is 1. The second kappa shape index (κ2) is 6.95. The van der Waals surface area contributed by atoms with Crippen LogP contribution in [-0.4, -0.2) is 20.9 Å². The number of ether oxygens (including phenoxy) is 1. The Labute approximate surface area is 140 Å². The molecule has 2 heterocycles. The van der Waals surface area contributed by atoms with E-state index in [0.717, 1.165) is 25.7 Å². The number of aromatic nitrogens is 3. The van der Waals surface area contributed by atoms with E-state index in [9.17, 15) is 9.59 Å². The van der Waals surface area contributed by atoms with Crippen LogP contribution in [0.15, 0.2) is 29.3 Å². The van der Waals surface area contributed by atoms with Crippen LogP contribution in [0.1, 0.15) is 59.2 Å². The maximum Gasteiger partial charge on any atom is 0.344 e. The molecule has 0 radical (unpaired) electrons. The summed E-state index contributed by atoms with van der Waals surface area (Å²) in [5.41, 5.74) is 0.962. The minimum absolute atomic E-state index is 0.0551. The van der Waals surface area contributed by atoms with Gasteiger partial charge in [0, 0.05) is 24.0 Å². The highest BCUT2D eigenvalue weighted by Crippen LogP contribution is 2.37. The average molecular weight is 327 g/mol. The first kappa shape index (κ1) is 16.4. The van der Waals surface area contributed by atoms with Gasteiger partial charge in [0.1, 0.15) is 5.56 Å². The Kier molecular flexibility index (Phi) is 4.74. The van der Waals surface area contributed by atoms with Crippen molar-refractivity contribution in [2.45, 2.75) is 45.6 Å². The molecule has 1 N–H and O–H groups in total. The van der Waals surface area contributed by atoms with Gasteiger partial charge in [0.05, 0.1) is 0 Å². The van der Waals surface area contributed by atoms with E-state index in [4.69, 9.17) is 4.74 Å². The minimum Gasteiger partial charge on any atom is -0.450 e. The quantitative estimate of drug-likeness (QED) is 0.873. The maximum atomic E-state index is 12.6. The number of aryl methyl sites for hydroxylation is 2. The number of esters is 1. The van der Waals surface area contributed by atoms with Gasteiger partial charge >= 0.3 is 5.97 Å². The largest absolute Gasteiger partial charge is 0.450 e. The predicted molar refractivity (Wildman–Crippen MR) is 88.7 cm³/mol. The van der Waals surface area contributed by atoms with Gasteiger partial charge in [0.15, 0.2) is 11.9 Å². The Bertz CT molecular complexity index is 780. The lowest BCUT2D eigenvalue weighted by Gasteiger charge is -2.22. The number of pyridine rings is 1. The lowest BCUT2D eigenvalue weighted by molar-refractivity contribution is 0.0106. The van der Waals surface area contributed by atoms with E-state index >= 15 is 0 Å². The highest BCUT2D eigenvalue weighted by atomic mass is 16.5. The Morgan fingerprint density at radius 2 is 1.92 bits per heavy atom. The summed E-state index contributed by atoms with van der Waals surface area (Å²) in [7, 11) is 0. The molecule has 6 heteroatoms. The molecule has 0 aliphatic heterocycles. The molecule has 0 bridgehead atoms. The van der Waals surface area contributed by atoms with Crippen molar-refractivity contribution in [2.75, 3.05) is 0 Å². The second-order valence-corrected chi connectivity index (χ2v) is 6.32. The second-order valence-electron chi connectivity index (χ2n) is 6.32. The zero-order chi connectivity index (χ0) is 17.1. The number of rotatable bonds is 4. The third-order valence-corrected chi connectivity index (χ3v) is 4.47. The van der Waals surface area contributed by atoms with Gasteiger partial charge in [-0.3, -0.25) is 4.79 Å². The fraction of sp³-hybridized carbons (Fsp3) is 0.444. The lowest BCUT2D eigenvalue weighted by Crippen LogP contribution is -2.26. The molecule has 1 aliphatic carbocycles. The summed E-state index contributed by atoms with van der Waals surface area (Å²) in [5.74, 6) is 0.0817. The van der Waals surface area contributed by atoms with Crippen molar-refractivity contribution < 1.29 is 9.53 Å². The summed E-state index contributed by atoms with van der Waals surface area (Å²) in [6.07, 6.45) is 6.93. The van der Waals surface area contributed by atoms with Crippen LogP contribution in [0.5, 0.6) is 0 Å². The molecular formula is C18H21N3O3. The zero-order valence-electron chi connectivity index (χ0n) is 13.9. The Morgan fingerprint density at radius 3 is 2.54 bits per heavy atom. The van der Waals surface area contributed by atoms with Gasteiger partial charge in [-0.2, -0.15) is 0 Å². The fourth-order valence-electron chi connectivity index (χ4n) is 3.36. The van der Waals surface area contributed by atoms with E-state index in [1.807, 2.05) is 0 Å². The predicted octanol–water partition coefficient (Wildman–Crippen LogP) is 2.87. The molecule has 2 aromatic heterocycles. The maximum absolute atomic E-state index is 12.6. The van der Waals surface area contributed by atoms with Crippen LogP contribution in [-0.2, 0) is 4.74 Å². The normalized spacial score (nSPS) is 16.1. The molecule has 24 heavy (non-hydrogen) atoms. The summed E-state index contributed by atoms with van der Waals surface area (Å²) >= 11 is 0. The third-order valence-electron chi connectivity index (χ3n) is 4.47. The van der Waals surface area contributed by atoms with Crippen molar-refractivity contribution in [1.29, 1.82) is 0 Å². The van der Waals surface area contributed by atoms with E-state index in [1.54, 1.807) is 38.4 Å². The van der Waals surface area contributed by atoms with Gasteiger partial charge in [-0.15, -0.1) is 0 Å². The summed E-state index contributed by atoms with van der Waals surface area (Å²) < 4.78 is 5.72. The number of carbonyl (C=O) groups is 1. The SMILES string of the molecule is Cc1cc(C)c(C(=O)O[C@@H](c2ncccn2)C2CCCC2)c(=O)[nH]1. The van der Waals surface area contributed by atoms with E-state index < -0.39 is 17.6 Å². The number of nitrogens with zero attached hydrogens (tertiary/aromatic N) is 2. The summed E-state index contributed by atoms with van der Waals surface area (Å²) in [6.45, 7) is 3.52. The summed E-state index contributed by atoms with van der Waals surface area (Å²) in [5, 5.41) is 0. The van der Waals surface area contributed by atoms with Crippen LogP contribution in [0.4, 0.5) is 0 Å². The lowest BCUT2D eigenvalue weighted by atomic mass is 9.99. The molecule has 0 unspecified atom stereocenters. The molecule has 0 amide bonds. The number of nitrogens with one attached hydrogen (secondary N) is 1. The average Bonchev–Trinajstić information content (AvgIpc) is 3.06. The van der Waals surface area contributed by atoms with Gasteiger partial charge in [-0.25, -0.2) is 14.8 Å². The van der Waals surface area contributed by atoms with Crippen molar-refractivity contribution in [3.05, 3.63) is 57.5 Å². The van der Waals surface area contributed by atoms with E-state index in [-0.39, 0.29) is 11.5 Å². The van der Waals surface area contributed by atoms with Gasteiger partial charge < -0.3 is 9.72 Å². The van der Waals surface area contributed by atoms with E-state index in [2.05, 4.69) is 15.0 Å². The number of carbonyl (C=O) groups excluding carboxylic acids is 1. The first-order valence-electron chi connectivity index (χ1n) is 8.24. The van der Waals surface area contributed by atoms with Gasteiger partial charge in [0.25, 0.3) is 5.56 Å². The number of hydrogen-bond acceptors (Lipinski definition) is 5. The van der Waals surface area contributed by atoms with Crippen LogP contribution in [0.3, 0.4) is 0 Å². The van der Waals surface area contributed by atoms with Gasteiger partial charge in [-0.05, 0) is 44.4 Å². The monoisotopic (exact) mass is 327 g/mol. The molecule has 0 saturated heterocycles. The molecule has 1 fully saturated rings. The van der Waals surface area contributed by atoms with Gasteiger partial charge in [-0.1, -0.05) is 12.8 Å². The molecule has 1 atom stereocenters. The topological polar surface area (TPSA) is 84.9 Å². The van der Waals surface area contributed by atoms with Crippen molar-refractivity contribution >= 4 is 5.97 Å². The Balaban J connectivity index is 1.90. The smallest absolute Gasteiger partial charge is 0.344 e. The fourth-order valence-corrected chi connectivity index (χ4v) is 3.36. The number of aromatic amines is 1. The highest BCUT2D eigenvalue weighted by Gasteiger charge is 2.32. The summed E-state index contributed by atoms with van der Waals surface area (Å²) in [6, 6.07) is 3.49. The molecule has 1 saturated carbocycles. The Hall–Kier alpha value is -2.50. The molecule has 3 rings (SSSR count).